The number of piperidine rings is 1. The molecular weight excluding hydrogens is 250 g/mol. The number of carboxylic acid groups (broad SMARTS) is 1. The van der Waals surface area contributed by atoms with Crippen molar-refractivity contribution in [2.45, 2.75) is 50.9 Å². The van der Waals surface area contributed by atoms with Crippen LogP contribution in [0.4, 0.5) is 0 Å². The average Bonchev–Trinajstić information content (AvgIpc) is 2.87. The molecule has 3 unspecified atom stereocenters. The highest BCUT2D eigenvalue weighted by atomic mass is 16.5. The van der Waals surface area contributed by atoms with Gasteiger partial charge in [0.1, 0.15) is 6.10 Å². The molecule has 0 aromatic carbocycles. The van der Waals surface area contributed by atoms with Gasteiger partial charge in [-0.1, -0.05) is 0 Å². The molecule has 0 spiro atoms. The molecule has 2 rings (SSSR count). The van der Waals surface area contributed by atoms with Crippen molar-refractivity contribution in [3.8, 4) is 0 Å². The van der Waals surface area contributed by atoms with Gasteiger partial charge in [-0.3, -0.25) is 4.79 Å². The number of carboxylic acids is 1. The minimum absolute atomic E-state index is 0.104. The molecule has 2 aliphatic heterocycles. The van der Waals surface area contributed by atoms with Crippen molar-refractivity contribution in [2.75, 3.05) is 13.1 Å². The van der Waals surface area contributed by atoms with Gasteiger partial charge < -0.3 is 19.8 Å². The van der Waals surface area contributed by atoms with Crippen molar-refractivity contribution in [1.29, 1.82) is 0 Å². The highest BCUT2D eigenvalue weighted by Crippen LogP contribution is 2.25. The summed E-state index contributed by atoms with van der Waals surface area (Å²) in [5.74, 6) is -0.851. The number of carbonyl (C=O) groups excluding carboxylic acids is 1. The van der Waals surface area contributed by atoms with Gasteiger partial charge in [0.25, 0.3) is 5.91 Å². The lowest BCUT2D eigenvalue weighted by molar-refractivity contribution is -0.155. The van der Waals surface area contributed by atoms with Crippen LogP contribution < -0.4 is 0 Å². The molecule has 2 fully saturated rings. The predicted octanol–water partition coefficient (Wildman–Crippen LogP) is 0.238. The lowest BCUT2D eigenvalue weighted by Gasteiger charge is -2.34. The van der Waals surface area contributed by atoms with E-state index < -0.39 is 18.2 Å². The van der Waals surface area contributed by atoms with Crippen molar-refractivity contribution in [1.82, 2.24) is 4.90 Å². The van der Waals surface area contributed by atoms with Crippen molar-refractivity contribution < 1.29 is 24.5 Å². The first-order valence-electron chi connectivity index (χ1n) is 6.84. The fourth-order valence-corrected chi connectivity index (χ4v) is 2.81. The summed E-state index contributed by atoms with van der Waals surface area (Å²) < 4.78 is 5.27. The summed E-state index contributed by atoms with van der Waals surface area (Å²) in [5.41, 5.74) is 0. The average molecular weight is 271 g/mol. The van der Waals surface area contributed by atoms with Crippen molar-refractivity contribution in [3.63, 3.8) is 0 Å². The Morgan fingerprint density at radius 1 is 1.16 bits per heavy atom. The number of nitrogens with zero attached hydrogens (tertiary/aromatic N) is 1. The number of aliphatic hydroxyl groups is 1. The Bertz CT molecular complexity index is 349. The first kappa shape index (κ1) is 14.3. The van der Waals surface area contributed by atoms with E-state index in [0.717, 1.165) is 12.8 Å². The molecule has 19 heavy (non-hydrogen) atoms. The van der Waals surface area contributed by atoms with Crippen molar-refractivity contribution in [2.24, 2.45) is 5.92 Å². The van der Waals surface area contributed by atoms with Crippen LogP contribution in [0.15, 0.2) is 0 Å². The first-order chi connectivity index (χ1) is 8.99. The van der Waals surface area contributed by atoms with Crippen LogP contribution in [-0.4, -0.2) is 58.4 Å². The van der Waals surface area contributed by atoms with Crippen LogP contribution in [0.2, 0.25) is 0 Å². The Kier molecular flexibility index (Phi) is 4.42. The number of likely N-dealkylation sites (tertiary alicyclic amines) is 1. The lowest BCUT2D eigenvalue weighted by Crippen LogP contribution is -2.45. The number of hydrogen-bond donors (Lipinski definition) is 2. The number of aliphatic carboxylic acids is 1. The summed E-state index contributed by atoms with van der Waals surface area (Å²) in [6.07, 6.45) is 0.670. The highest BCUT2D eigenvalue weighted by molar-refractivity contribution is 5.82. The van der Waals surface area contributed by atoms with Crippen molar-refractivity contribution in [3.05, 3.63) is 0 Å². The monoisotopic (exact) mass is 271 g/mol. The van der Waals surface area contributed by atoms with Gasteiger partial charge in [-0.2, -0.15) is 0 Å². The highest BCUT2D eigenvalue weighted by Gasteiger charge is 2.37. The summed E-state index contributed by atoms with van der Waals surface area (Å²) in [5, 5.41) is 18.4. The largest absolute Gasteiger partial charge is 0.479 e. The van der Waals surface area contributed by atoms with E-state index in [-0.39, 0.29) is 17.9 Å². The smallest absolute Gasteiger partial charge is 0.332 e. The molecule has 0 saturated carbocycles. The Morgan fingerprint density at radius 3 is 2.21 bits per heavy atom. The maximum atomic E-state index is 12.2. The van der Waals surface area contributed by atoms with Crippen LogP contribution >= 0.6 is 0 Å². The molecule has 2 heterocycles. The van der Waals surface area contributed by atoms with Gasteiger partial charge in [-0.05, 0) is 38.5 Å². The summed E-state index contributed by atoms with van der Waals surface area (Å²) in [6.45, 7) is 3.01. The third kappa shape index (κ3) is 3.25. The van der Waals surface area contributed by atoms with E-state index in [0.29, 0.717) is 25.9 Å². The van der Waals surface area contributed by atoms with E-state index in [1.54, 1.807) is 11.8 Å². The second-order valence-corrected chi connectivity index (χ2v) is 5.43. The molecule has 2 N–H and O–H groups in total. The number of ether oxygens (including phenoxy) is 1. The zero-order chi connectivity index (χ0) is 14.0. The summed E-state index contributed by atoms with van der Waals surface area (Å²) in [7, 11) is 0. The number of hydrogen-bond acceptors (Lipinski definition) is 4. The fraction of sp³-hybridized carbons (Fsp3) is 0.846. The van der Waals surface area contributed by atoms with Crippen LogP contribution in [0.3, 0.4) is 0 Å². The molecule has 3 atom stereocenters. The van der Waals surface area contributed by atoms with Gasteiger partial charge >= 0.3 is 5.97 Å². The van der Waals surface area contributed by atoms with Gasteiger partial charge in [-0.15, -0.1) is 0 Å². The van der Waals surface area contributed by atoms with Gasteiger partial charge in [0, 0.05) is 13.1 Å². The summed E-state index contributed by atoms with van der Waals surface area (Å²) in [4.78, 5) is 24.7. The molecule has 0 aliphatic carbocycles. The molecule has 0 radical (unpaired) electrons. The SMILES string of the molecule is CC(O)C1CCN(C(=O)C2CCC(C(=O)O)O2)CC1. The van der Waals surface area contributed by atoms with Crippen LogP contribution in [0.25, 0.3) is 0 Å². The normalized spacial score (nSPS) is 30.3. The standard InChI is InChI=1S/C13H21NO5/c1-8(15)9-4-6-14(7-5-9)12(16)10-2-3-11(19-10)13(17)18/h8-11,15H,2-7H2,1H3,(H,17,18). The zero-order valence-corrected chi connectivity index (χ0v) is 11.1. The van der Waals surface area contributed by atoms with E-state index in [9.17, 15) is 14.7 Å². The van der Waals surface area contributed by atoms with Crippen molar-refractivity contribution >= 4 is 11.9 Å². The predicted molar refractivity (Wildman–Crippen MR) is 66.5 cm³/mol. The number of aliphatic hydroxyl groups excluding tert-OH is 1. The van der Waals surface area contributed by atoms with Gasteiger partial charge in [0.05, 0.1) is 6.10 Å². The summed E-state index contributed by atoms with van der Waals surface area (Å²) >= 11 is 0. The second-order valence-electron chi connectivity index (χ2n) is 5.43. The third-order valence-corrected chi connectivity index (χ3v) is 4.10. The molecule has 0 bridgehead atoms. The topological polar surface area (TPSA) is 87.1 Å². The lowest BCUT2D eigenvalue weighted by atomic mass is 9.92. The minimum Gasteiger partial charge on any atom is -0.479 e. The van der Waals surface area contributed by atoms with Crippen LogP contribution in [0.5, 0.6) is 0 Å². The molecular formula is C13H21NO5. The molecule has 6 heteroatoms. The van der Waals surface area contributed by atoms with Gasteiger partial charge in [0.15, 0.2) is 6.10 Å². The third-order valence-electron chi connectivity index (χ3n) is 4.10. The second kappa shape index (κ2) is 5.88. The van der Waals surface area contributed by atoms with Crippen LogP contribution in [0.1, 0.15) is 32.6 Å². The summed E-state index contributed by atoms with van der Waals surface area (Å²) in [6, 6.07) is 0. The van der Waals surface area contributed by atoms with E-state index in [1.165, 1.54) is 0 Å². The molecule has 2 aliphatic rings. The molecule has 108 valence electrons. The zero-order valence-electron chi connectivity index (χ0n) is 11.1. The molecule has 0 aromatic rings. The fourth-order valence-electron chi connectivity index (χ4n) is 2.81. The van der Waals surface area contributed by atoms with E-state index in [1.807, 2.05) is 0 Å². The Labute approximate surface area is 112 Å². The van der Waals surface area contributed by atoms with Gasteiger partial charge in [0.2, 0.25) is 0 Å². The van der Waals surface area contributed by atoms with Gasteiger partial charge in [-0.25, -0.2) is 4.79 Å². The van der Waals surface area contributed by atoms with E-state index >= 15 is 0 Å². The van der Waals surface area contributed by atoms with E-state index in [4.69, 9.17) is 9.84 Å². The Morgan fingerprint density at radius 2 is 1.74 bits per heavy atom. The quantitative estimate of drug-likeness (QED) is 0.767. The number of rotatable bonds is 3. The Hall–Kier alpha value is -1.14. The molecule has 0 aromatic heterocycles. The maximum Gasteiger partial charge on any atom is 0.332 e. The molecule has 6 nitrogen and oxygen atoms in total. The van der Waals surface area contributed by atoms with Crippen LogP contribution in [-0.2, 0) is 14.3 Å². The minimum atomic E-state index is -0.997. The number of amides is 1. The first-order valence-corrected chi connectivity index (χ1v) is 6.84. The number of carbonyl (C=O) groups is 2. The Balaban J connectivity index is 1.83. The molecule has 1 amide bonds. The van der Waals surface area contributed by atoms with Crippen LogP contribution in [0, 0.1) is 5.92 Å². The maximum absolute atomic E-state index is 12.2. The van der Waals surface area contributed by atoms with E-state index in [2.05, 4.69) is 0 Å². The molecule has 2 saturated heterocycles.